The third kappa shape index (κ3) is 5.39. The van der Waals surface area contributed by atoms with Crippen molar-refractivity contribution in [1.29, 1.82) is 0 Å². The molecule has 0 amide bonds. The number of hydrogen-bond acceptors (Lipinski definition) is 2. The number of nitrogens with one attached hydrogen (secondary N) is 1. The van der Waals surface area contributed by atoms with E-state index in [1.807, 2.05) is 0 Å². The van der Waals surface area contributed by atoms with Gasteiger partial charge in [-0.15, -0.1) is 0 Å². The summed E-state index contributed by atoms with van der Waals surface area (Å²) in [4.78, 5) is 0. The summed E-state index contributed by atoms with van der Waals surface area (Å²) in [5.41, 5.74) is -0.0152. The molecule has 0 aromatic rings. The molecule has 0 heterocycles. The highest BCUT2D eigenvalue weighted by atomic mass is 16.5. The predicted octanol–water partition coefficient (Wildman–Crippen LogP) is 3.75. The maximum atomic E-state index is 5.50. The van der Waals surface area contributed by atoms with E-state index in [2.05, 4.69) is 33.0 Å². The van der Waals surface area contributed by atoms with Crippen LogP contribution in [0.15, 0.2) is 0 Å². The van der Waals surface area contributed by atoms with Gasteiger partial charge in [0.1, 0.15) is 0 Å². The van der Waals surface area contributed by atoms with Crippen molar-refractivity contribution in [2.24, 2.45) is 5.92 Å². The summed E-state index contributed by atoms with van der Waals surface area (Å²) in [6.45, 7) is 8.96. The Morgan fingerprint density at radius 3 is 2.29 bits per heavy atom. The Bertz CT molecular complexity index is 209. The van der Waals surface area contributed by atoms with E-state index < -0.39 is 0 Å². The van der Waals surface area contributed by atoms with Crippen molar-refractivity contribution in [3.63, 3.8) is 0 Å². The molecule has 1 aliphatic carbocycles. The lowest BCUT2D eigenvalue weighted by Gasteiger charge is -2.33. The van der Waals surface area contributed by atoms with E-state index >= 15 is 0 Å². The van der Waals surface area contributed by atoms with Crippen LogP contribution in [0.2, 0.25) is 0 Å². The van der Waals surface area contributed by atoms with Crippen LogP contribution in [-0.2, 0) is 4.74 Å². The molecule has 1 N–H and O–H groups in total. The summed E-state index contributed by atoms with van der Waals surface area (Å²) in [5, 5.41) is 3.76. The van der Waals surface area contributed by atoms with E-state index in [1.54, 1.807) is 7.11 Å². The Morgan fingerprint density at radius 1 is 1.18 bits per heavy atom. The average molecular weight is 241 g/mol. The van der Waals surface area contributed by atoms with Crippen LogP contribution >= 0.6 is 0 Å². The first-order valence-electron chi connectivity index (χ1n) is 7.26. The first-order chi connectivity index (χ1) is 7.94. The van der Waals surface area contributed by atoms with Crippen LogP contribution in [0, 0.1) is 5.92 Å². The standard InChI is InChI=1S/C15H31NO/c1-12(11-15(3,4)17-5)16-13(2)14-9-7-6-8-10-14/h12-14,16H,6-11H2,1-5H3/t12?,13-/m0/s1. The van der Waals surface area contributed by atoms with Crippen LogP contribution in [0.4, 0.5) is 0 Å². The van der Waals surface area contributed by atoms with Crippen molar-refractivity contribution < 1.29 is 4.74 Å². The monoisotopic (exact) mass is 241 g/mol. The van der Waals surface area contributed by atoms with Crippen LogP contribution in [0.3, 0.4) is 0 Å². The van der Waals surface area contributed by atoms with Crippen molar-refractivity contribution in [2.75, 3.05) is 7.11 Å². The molecular weight excluding hydrogens is 210 g/mol. The highest BCUT2D eigenvalue weighted by molar-refractivity contribution is 4.81. The van der Waals surface area contributed by atoms with Crippen LogP contribution in [0.5, 0.6) is 0 Å². The zero-order chi connectivity index (χ0) is 12.9. The fourth-order valence-corrected chi connectivity index (χ4v) is 3.10. The summed E-state index contributed by atoms with van der Waals surface area (Å²) in [6.07, 6.45) is 8.18. The molecule has 1 unspecified atom stereocenters. The molecular formula is C15H31NO. The summed E-state index contributed by atoms with van der Waals surface area (Å²) in [6, 6.07) is 1.18. The molecule has 0 aromatic carbocycles. The molecule has 0 saturated heterocycles. The zero-order valence-corrected chi connectivity index (χ0v) is 12.4. The fourth-order valence-electron chi connectivity index (χ4n) is 3.10. The normalized spacial score (nSPS) is 22.4. The third-order valence-electron chi connectivity index (χ3n) is 4.25. The number of ether oxygens (including phenoxy) is 1. The van der Waals surface area contributed by atoms with E-state index in [9.17, 15) is 0 Å². The highest BCUT2D eigenvalue weighted by Crippen LogP contribution is 2.27. The zero-order valence-electron chi connectivity index (χ0n) is 12.4. The predicted molar refractivity (Wildman–Crippen MR) is 74.3 cm³/mol. The average Bonchev–Trinajstić information content (AvgIpc) is 2.29. The Hall–Kier alpha value is -0.0800. The first kappa shape index (κ1) is 15.0. The molecule has 2 nitrogen and oxygen atoms in total. The van der Waals surface area contributed by atoms with Crippen LogP contribution < -0.4 is 5.32 Å². The van der Waals surface area contributed by atoms with Crippen molar-refractivity contribution in [3.8, 4) is 0 Å². The third-order valence-corrected chi connectivity index (χ3v) is 4.25. The van der Waals surface area contributed by atoms with Gasteiger partial charge in [-0.05, 0) is 52.9 Å². The van der Waals surface area contributed by atoms with Gasteiger partial charge in [0.25, 0.3) is 0 Å². The van der Waals surface area contributed by atoms with Crippen LogP contribution in [-0.4, -0.2) is 24.8 Å². The Morgan fingerprint density at radius 2 is 1.76 bits per heavy atom. The molecule has 1 aliphatic rings. The first-order valence-corrected chi connectivity index (χ1v) is 7.26. The lowest BCUT2D eigenvalue weighted by Crippen LogP contribution is -2.43. The van der Waals surface area contributed by atoms with E-state index in [4.69, 9.17) is 4.74 Å². The smallest absolute Gasteiger partial charge is 0.0637 e. The minimum Gasteiger partial charge on any atom is -0.379 e. The van der Waals surface area contributed by atoms with E-state index in [0.29, 0.717) is 12.1 Å². The van der Waals surface area contributed by atoms with E-state index in [1.165, 1.54) is 32.1 Å². The SMILES string of the molecule is COC(C)(C)CC(C)N[C@@H](C)C1CCCCC1. The van der Waals surface area contributed by atoms with Gasteiger partial charge in [0, 0.05) is 19.2 Å². The molecule has 0 aromatic heterocycles. The summed E-state index contributed by atoms with van der Waals surface area (Å²) in [5.74, 6) is 0.886. The van der Waals surface area contributed by atoms with Crippen molar-refractivity contribution in [1.82, 2.24) is 5.32 Å². The Balaban J connectivity index is 2.31. The van der Waals surface area contributed by atoms with Gasteiger partial charge in [-0.3, -0.25) is 0 Å². The van der Waals surface area contributed by atoms with Gasteiger partial charge >= 0.3 is 0 Å². The summed E-state index contributed by atoms with van der Waals surface area (Å²) in [7, 11) is 1.80. The second-order valence-corrected chi connectivity index (χ2v) is 6.42. The van der Waals surface area contributed by atoms with Crippen LogP contribution in [0.1, 0.15) is 66.2 Å². The van der Waals surface area contributed by atoms with Gasteiger partial charge in [0.2, 0.25) is 0 Å². The van der Waals surface area contributed by atoms with Gasteiger partial charge in [0.15, 0.2) is 0 Å². The van der Waals surface area contributed by atoms with Crippen LogP contribution in [0.25, 0.3) is 0 Å². The lowest BCUT2D eigenvalue weighted by atomic mass is 9.84. The van der Waals surface area contributed by atoms with Gasteiger partial charge in [-0.25, -0.2) is 0 Å². The highest BCUT2D eigenvalue weighted by Gasteiger charge is 2.24. The van der Waals surface area contributed by atoms with Crippen molar-refractivity contribution in [2.45, 2.75) is 83.9 Å². The number of rotatable bonds is 6. The van der Waals surface area contributed by atoms with Gasteiger partial charge in [0.05, 0.1) is 5.60 Å². The molecule has 2 heteroatoms. The summed E-state index contributed by atoms with van der Waals surface area (Å²) < 4.78 is 5.50. The lowest BCUT2D eigenvalue weighted by molar-refractivity contribution is 0.00701. The molecule has 2 atom stereocenters. The molecule has 0 bridgehead atoms. The minimum absolute atomic E-state index is 0.0152. The molecule has 0 radical (unpaired) electrons. The topological polar surface area (TPSA) is 21.3 Å². The number of hydrogen-bond donors (Lipinski definition) is 1. The second kappa shape index (κ2) is 6.75. The van der Waals surface area contributed by atoms with Gasteiger partial charge < -0.3 is 10.1 Å². The molecule has 1 saturated carbocycles. The Labute approximate surface area is 108 Å². The minimum atomic E-state index is -0.0152. The largest absolute Gasteiger partial charge is 0.379 e. The Kier molecular flexibility index (Phi) is 5.94. The second-order valence-electron chi connectivity index (χ2n) is 6.42. The van der Waals surface area contributed by atoms with Crippen molar-refractivity contribution in [3.05, 3.63) is 0 Å². The fraction of sp³-hybridized carbons (Fsp3) is 1.00. The molecule has 0 aliphatic heterocycles. The summed E-state index contributed by atoms with van der Waals surface area (Å²) >= 11 is 0. The van der Waals surface area contributed by atoms with E-state index in [-0.39, 0.29) is 5.60 Å². The molecule has 1 rings (SSSR count). The maximum absolute atomic E-state index is 5.50. The van der Waals surface area contributed by atoms with Gasteiger partial charge in [-0.2, -0.15) is 0 Å². The quantitative estimate of drug-likeness (QED) is 0.764. The van der Waals surface area contributed by atoms with Gasteiger partial charge in [-0.1, -0.05) is 19.3 Å². The van der Waals surface area contributed by atoms with E-state index in [0.717, 1.165) is 12.3 Å². The maximum Gasteiger partial charge on any atom is 0.0637 e. The molecule has 1 fully saturated rings. The number of methoxy groups -OCH3 is 1. The molecule has 0 spiro atoms. The van der Waals surface area contributed by atoms with Crippen molar-refractivity contribution >= 4 is 0 Å². The molecule has 17 heavy (non-hydrogen) atoms. The molecule has 102 valence electrons.